The minimum absolute atomic E-state index is 0.416. The number of nitrogens with zero attached hydrogens (tertiary/aromatic N) is 1. The summed E-state index contributed by atoms with van der Waals surface area (Å²) in [6.07, 6.45) is 3.69. The quantitative estimate of drug-likeness (QED) is 0.796. The predicted molar refractivity (Wildman–Crippen MR) is 88.0 cm³/mol. The van der Waals surface area contributed by atoms with E-state index in [4.69, 9.17) is 16.7 Å². The maximum Gasteiger partial charge on any atom is 0.328 e. The molecule has 112 valence electrons. The zero-order valence-electron chi connectivity index (χ0n) is 12.6. The van der Waals surface area contributed by atoms with Crippen molar-refractivity contribution in [3.8, 4) is 0 Å². The Morgan fingerprint density at radius 2 is 2.14 bits per heavy atom. The summed E-state index contributed by atoms with van der Waals surface area (Å²) < 4.78 is 2.04. The Balaban J connectivity index is 2.70. The van der Waals surface area contributed by atoms with E-state index in [0.717, 1.165) is 35.5 Å². The van der Waals surface area contributed by atoms with Crippen LogP contribution in [0.25, 0.3) is 17.0 Å². The molecule has 3 nitrogen and oxygen atoms in total. The van der Waals surface area contributed by atoms with Gasteiger partial charge in [-0.25, -0.2) is 4.79 Å². The number of carbonyl (C=O) groups is 1. The van der Waals surface area contributed by atoms with Crippen molar-refractivity contribution in [1.82, 2.24) is 4.57 Å². The average molecular weight is 306 g/mol. The molecule has 0 radical (unpaired) electrons. The lowest BCUT2D eigenvalue weighted by molar-refractivity contribution is -0.131. The van der Waals surface area contributed by atoms with Crippen molar-refractivity contribution in [3.05, 3.63) is 40.6 Å². The smallest absolute Gasteiger partial charge is 0.328 e. The third-order valence-electron chi connectivity index (χ3n) is 3.57. The molecule has 0 spiro atoms. The van der Waals surface area contributed by atoms with Crippen molar-refractivity contribution in [2.45, 2.75) is 39.7 Å². The molecule has 0 bridgehead atoms. The van der Waals surface area contributed by atoms with E-state index < -0.39 is 5.97 Å². The number of halogens is 1. The fourth-order valence-corrected chi connectivity index (χ4v) is 2.82. The predicted octanol–water partition coefficient (Wildman–Crippen LogP) is 4.93. The van der Waals surface area contributed by atoms with E-state index in [0.29, 0.717) is 11.1 Å². The zero-order valence-corrected chi connectivity index (χ0v) is 13.3. The summed E-state index contributed by atoms with van der Waals surface area (Å²) in [4.78, 5) is 10.8. The first kappa shape index (κ1) is 15.6. The van der Waals surface area contributed by atoms with E-state index in [2.05, 4.69) is 39.0 Å². The van der Waals surface area contributed by atoms with Crippen LogP contribution in [-0.4, -0.2) is 15.6 Å². The molecule has 0 atom stereocenters. The van der Waals surface area contributed by atoms with Crippen LogP contribution in [0.1, 0.15) is 44.2 Å². The van der Waals surface area contributed by atoms with Crippen molar-refractivity contribution in [3.63, 3.8) is 0 Å². The Hall–Kier alpha value is -1.74. The highest BCUT2D eigenvalue weighted by molar-refractivity contribution is 6.33. The summed E-state index contributed by atoms with van der Waals surface area (Å²) in [5.41, 5.74) is 3.05. The van der Waals surface area contributed by atoms with Gasteiger partial charge in [-0.3, -0.25) is 0 Å². The van der Waals surface area contributed by atoms with E-state index in [-0.39, 0.29) is 0 Å². The molecule has 21 heavy (non-hydrogen) atoms. The van der Waals surface area contributed by atoms with Gasteiger partial charge in [-0.05, 0) is 36.1 Å². The summed E-state index contributed by atoms with van der Waals surface area (Å²) in [6.45, 7) is 7.19. The molecule has 0 aliphatic rings. The molecule has 1 aromatic heterocycles. The molecule has 0 aliphatic heterocycles. The van der Waals surface area contributed by atoms with E-state index in [1.54, 1.807) is 6.08 Å². The van der Waals surface area contributed by atoms with Gasteiger partial charge in [0.25, 0.3) is 0 Å². The molecular formula is C17H20ClNO2. The monoisotopic (exact) mass is 305 g/mol. The molecule has 1 aromatic carbocycles. The zero-order chi connectivity index (χ0) is 15.6. The summed E-state index contributed by atoms with van der Waals surface area (Å²) >= 11 is 6.47. The summed E-state index contributed by atoms with van der Waals surface area (Å²) in [5.74, 6) is -0.554. The van der Waals surface area contributed by atoms with E-state index in [1.807, 2.05) is 4.57 Å². The summed E-state index contributed by atoms with van der Waals surface area (Å²) in [6, 6.07) is 6.30. The third kappa shape index (κ3) is 3.13. The van der Waals surface area contributed by atoms with Gasteiger partial charge in [0.1, 0.15) is 5.15 Å². The maximum absolute atomic E-state index is 10.8. The lowest BCUT2D eigenvalue weighted by Crippen LogP contribution is -1.96. The van der Waals surface area contributed by atoms with Crippen LogP contribution in [0.3, 0.4) is 0 Å². The largest absolute Gasteiger partial charge is 0.478 e. The first-order valence-corrected chi connectivity index (χ1v) is 7.56. The number of aromatic nitrogens is 1. The minimum Gasteiger partial charge on any atom is -0.478 e. The Morgan fingerprint density at radius 3 is 2.71 bits per heavy atom. The molecule has 4 heteroatoms. The van der Waals surface area contributed by atoms with E-state index >= 15 is 0 Å². The number of benzene rings is 1. The van der Waals surface area contributed by atoms with Gasteiger partial charge in [-0.1, -0.05) is 38.4 Å². The molecular weight excluding hydrogens is 286 g/mol. The van der Waals surface area contributed by atoms with Crippen molar-refractivity contribution in [2.75, 3.05) is 0 Å². The fourth-order valence-electron chi connectivity index (χ4n) is 2.48. The highest BCUT2D eigenvalue weighted by Crippen LogP contribution is 2.33. The lowest BCUT2D eigenvalue weighted by Gasteiger charge is -2.07. The second-order valence-corrected chi connectivity index (χ2v) is 5.82. The first-order chi connectivity index (χ1) is 9.95. The van der Waals surface area contributed by atoms with Gasteiger partial charge < -0.3 is 9.67 Å². The molecule has 0 amide bonds. The molecule has 0 unspecified atom stereocenters. The first-order valence-electron chi connectivity index (χ1n) is 7.18. The molecule has 0 saturated heterocycles. The molecule has 0 fully saturated rings. The SMILES string of the molecule is CCCn1c(Cl)c(/C=C/C(=O)O)c2cc(C(C)C)ccc21. The Bertz CT molecular complexity index is 698. The number of carboxylic acid groups (broad SMARTS) is 1. The Morgan fingerprint density at radius 1 is 1.43 bits per heavy atom. The molecule has 1 N–H and O–H groups in total. The van der Waals surface area contributed by atoms with Crippen LogP contribution < -0.4 is 0 Å². The van der Waals surface area contributed by atoms with Gasteiger partial charge in [0.2, 0.25) is 0 Å². The molecule has 2 aromatic rings. The topological polar surface area (TPSA) is 42.2 Å². The second kappa shape index (κ2) is 6.35. The average Bonchev–Trinajstić information content (AvgIpc) is 2.69. The number of aryl methyl sites for hydroxylation is 1. The van der Waals surface area contributed by atoms with Gasteiger partial charge in [0.15, 0.2) is 0 Å². The van der Waals surface area contributed by atoms with Crippen LogP contribution in [0.15, 0.2) is 24.3 Å². The third-order valence-corrected chi connectivity index (χ3v) is 3.97. The molecule has 0 saturated carbocycles. The molecule has 2 rings (SSSR count). The highest BCUT2D eigenvalue weighted by atomic mass is 35.5. The lowest BCUT2D eigenvalue weighted by atomic mass is 10.0. The van der Waals surface area contributed by atoms with Crippen molar-refractivity contribution >= 4 is 34.5 Å². The van der Waals surface area contributed by atoms with Gasteiger partial charge in [0.05, 0.1) is 0 Å². The second-order valence-electron chi connectivity index (χ2n) is 5.46. The number of hydrogen-bond acceptors (Lipinski definition) is 1. The number of carboxylic acids is 1. The number of hydrogen-bond donors (Lipinski definition) is 1. The number of aliphatic carboxylic acids is 1. The van der Waals surface area contributed by atoms with Crippen LogP contribution in [0.5, 0.6) is 0 Å². The number of fused-ring (bicyclic) bond motifs is 1. The van der Waals surface area contributed by atoms with Crippen LogP contribution in [0, 0.1) is 0 Å². The van der Waals surface area contributed by atoms with Gasteiger partial charge in [0, 0.05) is 29.1 Å². The minimum atomic E-state index is -0.970. The maximum atomic E-state index is 10.8. The Kier molecular flexibility index (Phi) is 4.73. The van der Waals surface area contributed by atoms with Crippen molar-refractivity contribution in [2.24, 2.45) is 0 Å². The standard InChI is InChI=1S/C17H20ClNO2/c1-4-9-19-15-7-5-12(11(2)3)10-14(15)13(17(19)18)6-8-16(20)21/h5-8,10-11H,4,9H2,1-3H3,(H,20,21)/b8-6+. The summed E-state index contributed by atoms with van der Waals surface area (Å²) in [7, 11) is 0. The molecule has 1 heterocycles. The Labute approximate surface area is 129 Å². The van der Waals surface area contributed by atoms with Crippen LogP contribution in [-0.2, 0) is 11.3 Å². The van der Waals surface area contributed by atoms with Gasteiger partial charge in [-0.15, -0.1) is 0 Å². The van der Waals surface area contributed by atoms with Crippen molar-refractivity contribution in [1.29, 1.82) is 0 Å². The van der Waals surface area contributed by atoms with Gasteiger partial charge >= 0.3 is 5.97 Å². The van der Waals surface area contributed by atoms with E-state index in [9.17, 15) is 4.79 Å². The number of rotatable bonds is 5. The van der Waals surface area contributed by atoms with Crippen molar-refractivity contribution < 1.29 is 9.90 Å². The van der Waals surface area contributed by atoms with Crippen LogP contribution in [0.4, 0.5) is 0 Å². The highest BCUT2D eigenvalue weighted by Gasteiger charge is 2.14. The van der Waals surface area contributed by atoms with Crippen LogP contribution in [0.2, 0.25) is 5.15 Å². The van der Waals surface area contributed by atoms with E-state index in [1.165, 1.54) is 5.56 Å². The van der Waals surface area contributed by atoms with Crippen LogP contribution >= 0.6 is 11.6 Å². The molecule has 0 aliphatic carbocycles. The normalized spacial score (nSPS) is 11.9. The van der Waals surface area contributed by atoms with Gasteiger partial charge in [-0.2, -0.15) is 0 Å². The fraction of sp³-hybridized carbons (Fsp3) is 0.353. The summed E-state index contributed by atoms with van der Waals surface area (Å²) in [5, 5.41) is 10.5.